The number of aliphatic imine (C=N–C) groups is 1. The molecule has 1 unspecified atom stereocenters. The minimum absolute atomic E-state index is 0.0508. The Morgan fingerprint density at radius 2 is 2.42 bits per heavy atom. The molecule has 2 aliphatic rings. The van der Waals surface area contributed by atoms with Crippen LogP contribution < -0.4 is 15.4 Å². The lowest BCUT2D eigenvalue weighted by Crippen LogP contribution is -2.51. The van der Waals surface area contributed by atoms with E-state index in [4.69, 9.17) is 21.3 Å². The lowest BCUT2D eigenvalue weighted by Gasteiger charge is -2.40. The first-order valence-electron chi connectivity index (χ1n) is 9.14. The maximum Gasteiger partial charge on any atom is 0.220 e. The number of halogens is 1. The van der Waals surface area contributed by atoms with Crippen molar-refractivity contribution < 1.29 is 9.53 Å². The fourth-order valence-electron chi connectivity index (χ4n) is 3.60. The van der Waals surface area contributed by atoms with Crippen molar-refractivity contribution in [3.8, 4) is 5.88 Å². The highest BCUT2D eigenvalue weighted by Gasteiger charge is 2.42. The van der Waals surface area contributed by atoms with Crippen LogP contribution in [0.3, 0.4) is 0 Å². The number of likely N-dealkylation sites (tertiary alicyclic amines) is 1. The lowest BCUT2D eigenvalue weighted by atomic mass is 9.79. The van der Waals surface area contributed by atoms with E-state index < -0.39 is 0 Å². The molecule has 0 saturated carbocycles. The monoisotopic (exact) mass is 379 g/mol. The molecule has 1 amide bonds. The van der Waals surface area contributed by atoms with E-state index in [0.29, 0.717) is 30.5 Å². The van der Waals surface area contributed by atoms with E-state index in [1.165, 1.54) is 0 Å². The summed E-state index contributed by atoms with van der Waals surface area (Å²) in [4.78, 5) is 22.8. The van der Waals surface area contributed by atoms with Crippen LogP contribution in [0.2, 0.25) is 5.02 Å². The van der Waals surface area contributed by atoms with Gasteiger partial charge in [0, 0.05) is 50.3 Å². The van der Waals surface area contributed by atoms with Crippen LogP contribution in [-0.4, -0.2) is 61.1 Å². The minimum atomic E-state index is 0.0508. The van der Waals surface area contributed by atoms with E-state index in [0.717, 1.165) is 45.0 Å². The Hall–Kier alpha value is -2.02. The maximum absolute atomic E-state index is 11.7. The molecule has 1 aromatic heterocycles. The summed E-state index contributed by atoms with van der Waals surface area (Å²) in [5, 5.41) is 6.93. The van der Waals surface area contributed by atoms with E-state index in [1.54, 1.807) is 18.3 Å². The molecule has 142 valence electrons. The number of guanidine groups is 1. The Balaban J connectivity index is 1.56. The number of amides is 1. The Kier molecular flexibility index (Phi) is 6.19. The molecule has 8 heteroatoms. The number of nitrogens with one attached hydrogen (secondary N) is 2. The number of nitrogens with zero attached hydrogens (tertiary/aromatic N) is 3. The maximum atomic E-state index is 11.7. The Morgan fingerprint density at radius 3 is 3.12 bits per heavy atom. The number of carbonyl (C=O) groups is 1. The predicted octanol–water partition coefficient (Wildman–Crippen LogP) is 1.68. The van der Waals surface area contributed by atoms with E-state index in [-0.39, 0.29) is 11.3 Å². The zero-order valence-electron chi connectivity index (χ0n) is 15.1. The molecular weight excluding hydrogens is 354 g/mol. The summed E-state index contributed by atoms with van der Waals surface area (Å²) in [6.45, 7) is 6.44. The molecule has 0 bridgehead atoms. The molecular formula is C18H26ClN5O2. The summed E-state index contributed by atoms with van der Waals surface area (Å²) in [5.74, 6) is 1.60. The molecule has 3 rings (SSSR count). The first-order valence-corrected chi connectivity index (χ1v) is 9.52. The average molecular weight is 380 g/mol. The van der Waals surface area contributed by atoms with E-state index in [2.05, 4.69) is 27.4 Å². The van der Waals surface area contributed by atoms with Gasteiger partial charge < -0.3 is 20.3 Å². The van der Waals surface area contributed by atoms with Gasteiger partial charge in [-0.25, -0.2) is 9.98 Å². The van der Waals surface area contributed by atoms with Gasteiger partial charge in [0.2, 0.25) is 11.8 Å². The quantitative estimate of drug-likeness (QED) is 0.462. The van der Waals surface area contributed by atoms with E-state index in [1.807, 2.05) is 0 Å². The number of piperidine rings is 1. The molecule has 2 saturated heterocycles. The van der Waals surface area contributed by atoms with Crippen LogP contribution >= 0.6 is 11.6 Å². The summed E-state index contributed by atoms with van der Waals surface area (Å²) < 4.78 is 5.61. The molecule has 0 radical (unpaired) electrons. The lowest BCUT2D eigenvalue weighted by molar-refractivity contribution is -0.119. The first-order chi connectivity index (χ1) is 12.6. The molecule has 1 spiro atoms. The third-order valence-electron chi connectivity index (χ3n) is 4.80. The Morgan fingerprint density at radius 1 is 1.54 bits per heavy atom. The van der Waals surface area contributed by atoms with Gasteiger partial charge in [-0.15, -0.1) is 0 Å². The molecule has 0 aromatic carbocycles. The number of hydrogen-bond donors (Lipinski definition) is 2. The second kappa shape index (κ2) is 8.58. The molecule has 1 aromatic rings. The average Bonchev–Trinajstić information content (AvgIpc) is 2.99. The molecule has 7 nitrogen and oxygen atoms in total. The normalized spacial score (nSPS) is 23.2. The first kappa shape index (κ1) is 18.8. The number of pyridine rings is 1. The Bertz CT molecular complexity index is 651. The number of rotatable bonds is 5. The minimum Gasteiger partial charge on any atom is -0.476 e. The smallest absolute Gasteiger partial charge is 0.220 e. The SMILES string of the molecule is CCNC(=NCCOc1ccc(Cl)cn1)N1CCCC2(CNC(=O)C2)C1. The van der Waals surface area contributed by atoms with Gasteiger partial charge in [-0.1, -0.05) is 11.6 Å². The van der Waals surface area contributed by atoms with Crippen molar-refractivity contribution in [1.29, 1.82) is 0 Å². The summed E-state index contributed by atoms with van der Waals surface area (Å²) in [7, 11) is 0. The number of ether oxygens (including phenoxy) is 1. The fraction of sp³-hybridized carbons (Fsp3) is 0.611. The number of hydrogen-bond acceptors (Lipinski definition) is 4. The third-order valence-corrected chi connectivity index (χ3v) is 5.02. The highest BCUT2D eigenvalue weighted by Crippen LogP contribution is 2.35. The van der Waals surface area contributed by atoms with Gasteiger partial charge in [-0.2, -0.15) is 0 Å². The Labute approximate surface area is 159 Å². The van der Waals surface area contributed by atoms with Gasteiger partial charge in [0.25, 0.3) is 0 Å². The summed E-state index contributed by atoms with van der Waals surface area (Å²) >= 11 is 5.82. The third kappa shape index (κ3) is 4.78. The molecule has 2 fully saturated rings. The standard InChI is InChI=1S/C18H26ClN5O2/c1-2-20-17(21-7-9-26-16-5-4-14(19)11-22-16)24-8-3-6-18(13-24)10-15(25)23-12-18/h4-5,11H,2-3,6-10,12-13H2,1H3,(H,20,21)(H,23,25). The van der Waals surface area contributed by atoms with Crippen molar-refractivity contribution in [3.63, 3.8) is 0 Å². The largest absolute Gasteiger partial charge is 0.476 e. The highest BCUT2D eigenvalue weighted by molar-refractivity contribution is 6.30. The topological polar surface area (TPSA) is 78.9 Å². The summed E-state index contributed by atoms with van der Waals surface area (Å²) in [6, 6.07) is 3.50. The van der Waals surface area contributed by atoms with Gasteiger partial charge in [0.1, 0.15) is 6.61 Å². The van der Waals surface area contributed by atoms with Crippen LogP contribution in [-0.2, 0) is 4.79 Å². The summed E-state index contributed by atoms with van der Waals surface area (Å²) in [5.41, 5.74) is 0.0508. The van der Waals surface area contributed by atoms with Crippen LogP contribution in [0.5, 0.6) is 5.88 Å². The van der Waals surface area contributed by atoms with Crippen molar-refractivity contribution in [1.82, 2.24) is 20.5 Å². The fourth-order valence-corrected chi connectivity index (χ4v) is 3.72. The van der Waals surface area contributed by atoms with Gasteiger partial charge >= 0.3 is 0 Å². The van der Waals surface area contributed by atoms with Crippen LogP contribution in [0, 0.1) is 5.41 Å². The van der Waals surface area contributed by atoms with Crippen LogP contribution in [0.15, 0.2) is 23.3 Å². The van der Waals surface area contributed by atoms with Crippen molar-refractivity contribution in [3.05, 3.63) is 23.4 Å². The van der Waals surface area contributed by atoms with Crippen molar-refractivity contribution in [2.45, 2.75) is 26.2 Å². The predicted molar refractivity (Wildman–Crippen MR) is 102 cm³/mol. The summed E-state index contributed by atoms with van der Waals surface area (Å²) in [6.07, 6.45) is 4.35. The zero-order chi connectivity index (χ0) is 18.4. The zero-order valence-corrected chi connectivity index (χ0v) is 15.9. The second-order valence-electron chi connectivity index (χ2n) is 6.88. The van der Waals surface area contributed by atoms with Crippen molar-refractivity contribution in [2.24, 2.45) is 10.4 Å². The molecule has 2 aliphatic heterocycles. The number of carbonyl (C=O) groups excluding carboxylic acids is 1. The van der Waals surface area contributed by atoms with Crippen LogP contribution in [0.4, 0.5) is 0 Å². The molecule has 3 heterocycles. The van der Waals surface area contributed by atoms with Crippen LogP contribution in [0.1, 0.15) is 26.2 Å². The van der Waals surface area contributed by atoms with Gasteiger partial charge in [-0.05, 0) is 25.8 Å². The van der Waals surface area contributed by atoms with Crippen LogP contribution in [0.25, 0.3) is 0 Å². The second-order valence-corrected chi connectivity index (χ2v) is 7.31. The molecule has 26 heavy (non-hydrogen) atoms. The van der Waals surface area contributed by atoms with E-state index >= 15 is 0 Å². The number of aromatic nitrogens is 1. The highest BCUT2D eigenvalue weighted by atomic mass is 35.5. The van der Waals surface area contributed by atoms with Crippen molar-refractivity contribution >= 4 is 23.5 Å². The van der Waals surface area contributed by atoms with Crippen molar-refractivity contribution in [2.75, 3.05) is 39.3 Å². The van der Waals surface area contributed by atoms with Gasteiger partial charge in [0.15, 0.2) is 5.96 Å². The molecule has 0 aliphatic carbocycles. The van der Waals surface area contributed by atoms with E-state index in [9.17, 15) is 4.79 Å². The molecule has 2 N–H and O–H groups in total. The molecule has 1 atom stereocenters. The van der Waals surface area contributed by atoms with Gasteiger partial charge in [-0.3, -0.25) is 4.79 Å². The van der Waals surface area contributed by atoms with Gasteiger partial charge in [0.05, 0.1) is 11.6 Å².